The molecule has 0 saturated carbocycles. The van der Waals surface area contributed by atoms with E-state index in [0.29, 0.717) is 25.9 Å². The van der Waals surface area contributed by atoms with Gasteiger partial charge in [-0.2, -0.15) is 0 Å². The molecule has 4 nitrogen and oxygen atoms in total. The summed E-state index contributed by atoms with van der Waals surface area (Å²) >= 11 is 0. The molecule has 1 aliphatic heterocycles. The second-order valence-electron chi connectivity index (χ2n) is 4.63. The molecule has 0 N–H and O–H groups in total. The summed E-state index contributed by atoms with van der Waals surface area (Å²) in [6.45, 7) is 7.67. The summed E-state index contributed by atoms with van der Waals surface area (Å²) in [7, 11) is -1.34. The maximum atomic E-state index is 5.72. The Morgan fingerprint density at radius 3 is 2.65 bits per heavy atom. The average molecular weight is 295 g/mol. The number of hydrogen-bond acceptors (Lipinski definition) is 4. The standard InChI is InChI=1S/C15H23O4Si/c1-3-18-20(19-4-2)15-7-5-6-13(10-15)8-9-16-11-14-12-17-14/h5-7,10,14H,3-4,8-9,11-12H2,1-2H3. The van der Waals surface area contributed by atoms with E-state index in [4.69, 9.17) is 18.3 Å². The van der Waals surface area contributed by atoms with Crippen LogP contribution in [-0.2, 0) is 24.7 Å². The molecule has 5 heteroatoms. The fourth-order valence-corrected chi connectivity index (χ4v) is 3.37. The van der Waals surface area contributed by atoms with Gasteiger partial charge >= 0.3 is 9.28 Å². The van der Waals surface area contributed by atoms with E-state index in [1.54, 1.807) is 0 Å². The minimum atomic E-state index is -1.34. The Hall–Kier alpha value is -0.723. The summed E-state index contributed by atoms with van der Waals surface area (Å²) in [4.78, 5) is 0. The number of epoxide rings is 1. The molecule has 1 saturated heterocycles. The van der Waals surface area contributed by atoms with Crippen molar-refractivity contribution in [2.24, 2.45) is 0 Å². The highest BCUT2D eigenvalue weighted by Gasteiger charge is 2.22. The first-order chi connectivity index (χ1) is 9.83. The van der Waals surface area contributed by atoms with Crippen LogP contribution in [0.3, 0.4) is 0 Å². The van der Waals surface area contributed by atoms with E-state index in [1.807, 2.05) is 13.8 Å². The van der Waals surface area contributed by atoms with Crippen molar-refractivity contribution in [2.45, 2.75) is 26.4 Å². The molecule has 20 heavy (non-hydrogen) atoms. The van der Waals surface area contributed by atoms with Crippen LogP contribution in [0.2, 0.25) is 0 Å². The van der Waals surface area contributed by atoms with Gasteiger partial charge in [-0.15, -0.1) is 0 Å². The number of hydrogen-bond donors (Lipinski definition) is 0. The van der Waals surface area contributed by atoms with Gasteiger partial charge in [0.05, 0.1) is 19.8 Å². The third-order valence-corrected chi connectivity index (χ3v) is 4.84. The zero-order chi connectivity index (χ0) is 14.2. The first-order valence-corrected chi connectivity index (χ1v) is 8.56. The fourth-order valence-electron chi connectivity index (χ4n) is 1.89. The molecule has 0 amide bonds. The molecule has 1 aromatic rings. The van der Waals surface area contributed by atoms with Gasteiger partial charge in [0.15, 0.2) is 0 Å². The van der Waals surface area contributed by atoms with E-state index in [0.717, 1.165) is 19.6 Å². The zero-order valence-corrected chi connectivity index (χ0v) is 13.3. The van der Waals surface area contributed by atoms with Crippen LogP contribution in [0.15, 0.2) is 24.3 Å². The van der Waals surface area contributed by atoms with Crippen molar-refractivity contribution in [3.8, 4) is 0 Å². The van der Waals surface area contributed by atoms with Crippen molar-refractivity contribution < 1.29 is 18.3 Å². The summed E-state index contributed by atoms with van der Waals surface area (Å²) in [6, 6.07) is 8.45. The quantitative estimate of drug-likeness (QED) is 0.372. The highest BCUT2D eigenvalue weighted by atomic mass is 28.3. The molecule has 111 valence electrons. The molecule has 1 fully saturated rings. The molecular weight excluding hydrogens is 272 g/mol. The van der Waals surface area contributed by atoms with Crippen molar-refractivity contribution in [2.75, 3.05) is 33.0 Å². The minimum Gasteiger partial charge on any atom is -0.390 e. The van der Waals surface area contributed by atoms with Gasteiger partial charge in [0.2, 0.25) is 0 Å². The predicted octanol–water partition coefficient (Wildman–Crippen LogP) is 1.41. The van der Waals surface area contributed by atoms with Gasteiger partial charge in [-0.1, -0.05) is 24.3 Å². The first kappa shape index (κ1) is 15.7. The van der Waals surface area contributed by atoms with Crippen molar-refractivity contribution in [1.82, 2.24) is 0 Å². The number of benzene rings is 1. The lowest BCUT2D eigenvalue weighted by atomic mass is 10.2. The Balaban J connectivity index is 1.84. The largest absolute Gasteiger partial charge is 0.423 e. The third-order valence-electron chi connectivity index (χ3n) is 2.95. The molecule has 0 spiro atoms. The Kier molecular flexibility index (Phi) is 6.69. The lowest BCUT2D eigenvalue weighted by Gasteiger charge is -2.14. The molecule has 1 radical (unpaired) electrons. The lowest BCUT2D eigenvalue weighted by Crippen LogP contribution is -2.37. The highest BCUT2D eigenvalue weighted by Crippen LogP contribution is 2.09. The van der Waals surface area contributed by atoms with Crippen molar-refractivity contribution in [1.29, 1.82) is 0 Å². The Bertz CT molecular complexity index is 389. The van der Waals surface area contributed by atoms with Crippen LogP contribution < -0.4 is 5.19 Å². The fraction of sp³-hybridized carbons (Fsp3) is 0.600. The van der Waals surface area contributed by atoms with Gasteiger partial charge in [-0.25, -0.2) is 0 Å². The molecule has 1 aliphatic rings. The molecule has 2 rings (SSSR count). The molecule has 1 atom stereocenters. The smallest absolute Gasteiger partial charge is 0.390 e. The van der Waals surface area contributed by atoms with Crippen molar-refractivity contribution >= 4 is 14.5 Å². The van der Waals surface area contributed by atoms with Gasteiger partial charge in [0.25, 0.3) is 0 Å². The summed E-state index contributed by atoms with van der Waals surface area (Å²) in [5, 5.41) is 1.17. The van der Waals surface area contributed by atoms with Gasteiger partial charge < -0.3 is 18.3 Å². The maximum Gasteiger partial charge on any atom is 0.423 e. The summed E-state index contributed by atoms with van der Waals surface area (Å²) in [5.41, 5.74) is 1.26. The molecule has 1 aromatic carbocycles. The second kappa shape index (κ2) is 8.54. The van der Waals surface area contributed by atoms with Crippen molar-refractivity contribution in [3.63, 3.8) is 0 Å². The zero-order valence-electron chi connectivity index (χ0n) is 12.3. The van der Waals surface area contributed by atoms with Gasteiger partial charge in [-0.3, -0.25) is 0 Å². The molecule has 0 aliphatic carbocycles. The Labute approximate surface area is 122 Å². The van der Waals surface area contributed by atoms with Gasteiger partial charge in [-0.05, 0) is 31.0 Å². The van der Waals surface area contributed by atoms with Gasteiger partial charge in [0, 0.05) is 13.2 Å². The lowest BCUT2D eigenvalue weighted by molar-refractivity contribution is 0.119. The van der Waals surface area contributed by atoms with Crippen LogP contribution in [0.4, 0.5) is 0 Å². The van der Waals surface area contributed by atoms with Crippen LogP contribution >= 0.6 is 0 Å². The van der Waals surface area contributed by atoms with E-state index >= 15 is 0 Å². The van der Waals surface area contributed by atoms with Crippen LogP contribution in [0.25, 0.3) is 0 Å². The summed E-state index contributed by atoms with van der Waals surface area (Å²) in [5.74, 6) is 0. The van der Waals surface area contributed by atoms with E-state index in [1.165, 1.54) is 10.8 Å². The van der Waals surface area contributed by atoms with E-state index < -0.39 is 9.28 Å². The molecule has 1 heterocycles. The van der Waals surface area contributed by atoms with Gasteiger partial charge in [0.1, 0.15) is 6.10 Å². The van der Waals surface area contributed by atoms with E-state index in [2.05, 4.69) is 24.3 Å². The van der Waals surface area contributed by atoms with E-state index in [9.17, 15) is 0 Å². The highest BCUT2D eigenvalue weighted by molar-refractivity contribution is 6.61. The average Bonchev–Trinajstić information content (AvgIpc) is 3.28. The summed E-state index contributed by atoms with van der Waals surface area (Å²) in [6.07, 6.45) is 1.25. The topological polar surface area (TPSA) is 40.2 Å². The first-order valence-electron chi connectivity index (χ1n) is 7.24. The van der Waals surface area contributed by atoms with Crippen LogP contribution in [0.1, 0.15) is 19.4 Å². The Morgan fingerprint density at radius 2 is 2.00 bits per heavy atom. The minimum absolute atomic E-state index is 0.340. The SMILES string of the molecule is CCO[Si](OCC)c1cccc(CCOCC2CO2)c1. The van der Waals surface area contributed by atoms with Crippen LogP contribution in [0, 0.1) is 0 Å². The molecule has 1 unspecified atom stereocenters. The number of rotatable bonds is 10. The monoisotopic (exact) mass is 295 g/mol. The third kappa shape index (κ3) is 5.34. The molecule has 0 aromatic heterocycles. The van der Waals surface area contributed by atoms with Crippen LogP contribution in [0.5, 0.6) is 0 Å². The molecule has 0 bridgehead atoms. The van der Waals surface area contributed by atoms with Crippen LogP contribution in [-0.4, -0.2) is 48.4 Å². The predicted molar refractivity (Wildman–Crippen MR) is 79.3 cm³/mol. The molecular formula is C15H23O4Si. The van der Waals surface area contributed by atoms with Crippen molar-refractivity contribution in [3.05, 3.63) is 29.8 Å². The van der Waals surface area contributed by atoms with E-state index in [-0.39, 0.29) is 0 Å². The second-order valence-corrected chi connectivity index (χ2v) is 6.36. The summed E-state index contributed by atoms with van der Waals surface area (Å²) < 4.78 is 22.1. The normalized spacial score (nSPS) is 17.6. The Morgan fingerprint density at radius 1 is 1.25 bits per heavy atom. The number of ether oxygens (including phenoxy) is 2. The maximum absolute atomic E-state index is 5.72.